The lowest BCUT2D eigenvalue weighted by Crippen LogP contribution is -2.42. The van der Waals surface area contributed by atoms with E-state index < -0.39 is 17.3 Å². The lowest BCUT2D eigenvalue weighted by molar-refractivity contribution is -0.119. The number of rotatable bonds is 5. The topological polar surface area (TPSA) is 92.5 Å². The largest absolute Gasteiger partial charge is 0.497 e. The molecule has 0 saturated heterocycles. The number of benzene rings is 2. The van der Waals surface area contributed by atoms with E-state index in [2.05, 4.69) is 0 Å². The molecule has 3 heterocycles. The van der Waals surface area contributed by atoms with Gasteiger partial charge in [0.05, 0.1) is 24.5 Å². The second-order valence-corrected chi connectivity index (χ2v) is 8.17. The lowest BCUT2D eigenvalue weighted by Gasteiger charge is -2.12. The highest BCUT2D eigenvalue weighted by molar-refractivity contribution is 5.82. The predicted octanol–water partition coefficient (Wildman–Crippen LogP) is 2.96. The van der Waals surface area contributed by atoms with Crippen molar-refractivity contribution in [1.82, 2.24) is 23.1 Å². The first-order chi connectivity index (χ1) is 16.3. The minimum Gasteiger partial charge on any atom is -0.497 e. The van der Waals surface area contributed by atoms with Gasteiger partial charge in [-0.3, -0.25) is 23.1 Å². The van der Waals surface area contributed by atoms with Crippen molar-refractivity contribution in [2.24, 2.45) is 7.05 Å². The Kier molecular flexibility index (Phi) is 4.97. The second-order valence-electron chi connectivity index (χ2n) is 8.17. The Balaban J connectivity index is 1.94. The zero-order chi connectivity index (χ0) is 24.1. The number of Topliss-reactive ketones (excluding diaryl/α,β-unsaturated/α-hetero) is 1. The maximum atomic E-state index is 13.5. The molecule has 0 spiro atoms. The van der Waals surface area contributed by atoms with Crippen molar-refractivity contribution >= 4 is 22.7 Å². The number of methoxy groups -OCH3 is 1. The van der Waals surface area contributed by atoms with Crippen LogP contribution in [0, 0.1) is 0 Å². The molecule has 5 rings (SSSR count). The molecule has 172 valence electrons. The van der Waals surface area contributed by atoms with Crippen LogP contribution in [0.3, 0.4) is 0 Å². The van der Waals surface area contributed by atoms with Crippen LogP contribution in [0.15, 0.2) is 70.4 Å². The molecule has 0 N–H and O–H groups in total. The number of aromatic nitrogens is 5. The molecule has 1 atom stereocenters. The number of carbonyl (C=O) groups is 1. The molecule has 0 unspecified atom stereocenters. The molecule has 3 aromatic heterocycles. The molecule has 9 heteroatoms. The third-order valence-electron chi connectivity index (χ3n) is 6.16. The van der Waals surface area contributed by atoms with Crippen LogP contribution in [0.4, 0.5) is 0 Å². The molecule has 0 aliphatic rings. The van der Waals surface area contributed by atoms with Crippen molar-refractivity contribution in [2.45, 2.75) is 19.9 Å². The minimum atomic E-state index is -0.893. The number of aryl methyl sites for hydroxylation is 1. The van der Waals surface area contributed by atoms with Gasteiger partial charge in [-0.1, -0.05) is 36.4 Å². The number of nitrogens with zero attached hydrogens (tertiary/aromatic N) is 5. The van der Waals surface area contributed by atoms with Crippen LogP contribution in [-0.4, -0.2) is 36.0 Å². The second kappa shape index (κ2) is 7.87. The number of ketones is 1. The van der Waals surface area contributed by atoms with Gasteiger partial charge < -0.3 is 4.74 Å². The number of fused-ring (bicyclic) bond motifs is 3. The third kappa shape index (κ3) is 3.08. The maximum Gasteiger partial charge on any atom is 0.333 e. The summed E-state index contributed by atoms with van der Waals surface area (Å²) >= 11 is 0. The third-order valence-corrected chi connectivity index (χ3v) is 6.16. The molecule has 2 aromatic carbocycles. The molecule has 0 fully saturated rings. The molecule has 34 heavy (non-hydrogen) atoms. The van der Waals surface area contributed by atoms with Gasteiger partial charge in [0, 0.05) is 24.9 Å². The van der Waals surface area contributed by atoms with E-state index in [1.165, 1.54) is 11.5 Å². The van der Waals surface area contributed by atoms with E-state index in [-0.39, 0.29) is 16.9 Å². The van der Waals surface area contributed by atoms with Crippen LogP contribution in [0.2, 0.25) is 0 Å². The number of hydrogen-bond acceptors (Lipinski definition) is 5. The monoisotopic (exact) mass is 457 g/mol. The Morgan fingerprint density at radius 3 is 2.47 bits per heavy atom. The lowest BCUT2D eigenvalue weighted by atomic mass is 10.1. The average Bonchev–Trinajstić information content (AvgIpc) is 3.39. The summed E-state index contributed by atoms with van der Waals surface area (Å²) in [5, 5.41) is 0. The van der Waals surface area contributed by atoms with E-state index in [1.807, 2.05) is 65.4 Å². The van der Waals surface area contributed by atoms with Crippen molar-refractivity contribution in [1.29, 1.82) is 0 Å². The van der Waals surface area contributed by atoms with Crippen LogP contribution in [0.1, 0.15) is 19.9 Å². The van der Waals surface area contributed by atoms with E-state index in [0.29, 0.717) is 11.5 Å². The molecule has 0 bridgehead atoms. The molecule has 0 aliphatic carbocycles. The van der Waals surface area contributed by atoms with E-state index >= 15 is 0 Å². The standard InChI is InChI=1S/C25H23N5O4/c1-15(16(2)31)29-23(32)21-22(27(3)25(29)33)26-24-28(21)14-20(17-9-6-5-7-10-17)30(24)18-11-8-12-19(13-18)34-4/h5-15H,1-4H3/t15-/m0/s1. The van der Waals surface area contributed by atoms with Gasteiger partial charge in [-0.05, 0) is 26.0 Å². The van der Waals surface area contributed by atoms with Gasteiger partial charge in [0.25, 0.3) is 5.56 Å². The van der Waals surface area contributed by atoms with Gasteiger partial charge in [0.15, 0.2) is 16.9 Å². The molecular formula is C25H23N5O4. The fourth-order valence-electron chi connectivity index (χ4n) is 4.20. The number of carbonyl (C=O) groups excluding carboxylic acids is 1. The zero-order valence-corrected chi connectivity index (χ0v) is 19.2. The quantitative estimate of drug-likeness (QED) is 0.405. The minimum absolute atomic E-state index is 0.226. The summed E-state index contributed by atoms with van der Waals surface area (Å²) in [5.41, 5.74) is 1.83. The fraction of sp³-hybridized carbons (Fsp3) is 0.200. The Morgan fingerprint density at radius 1 is 1.06 bits per heavy atom. The molecule has 0 amide bonds. The van der Waals surface area contributed by atoms with E-state index in [9.17, 15) is 14.4 Å². The first-order valence-corrected chi connectivity index (χ1v) is 10.8. The first kappa shape index (κ1) is 21.4. The highest BCUT2D eigenvalue weighted by atomic mass is 16.5. The summed E-state index contributed by atoms with van der Waals surface area (Å²) < 4.78 is 11.3. The van der Waals surface area contributed by atoms with Crippen molar-refractivity contribution in [3.05, 3.63) is 81.6 Å². The fourth-order valence-corrected chi connectivity index (χ4v) is 4.20. The highest BCUT2D eigenvalue weighted by Gasteiger charge is 2.25. The summed E-state index contributed by atoms with van der Waals surface area (Å²) in [6.45, 7) is 2.91. The van der Waals surface area contributed by atoms with E-state index in [4.69, 9.17) is 9.72 Å². The first-order valence-electron chi connectivity index (χ1n) is 10.8. The Morgan fingerprint density at radius 2 is 1.79 bits per heavy atom. The van der Waals surface area contributed by atoms with Crippen molar-refractivity contribution in [2.75, 3.05) is 7.11 Å². The molecule has 0 radical (unpaired) electrons. The number of imidazole rings is 2. The van der Waals surface area contributed by atoms with Gasteiger partial charge in [-0.25, -0.2) is 9.36 Å². The summed E-state index contributed by atoms with van der Waals surface area (Å²) in [4.78, 5) is 43.2. The Hall–Kier alpha value is -4.40. The SMILES string of the molecule is COc1cccc(-n2c(-c3ccccc3)cn3c4c(=O)n([C@@H](C)C(C)=O)c(=O)n(C)c4nc23)c1. The molecule has 5 aromatic rings. The van der Waals surface area contributed by atoms with Gasteiger partial charge in [0.1, 0.15) is 5.75 Å². The van der Waals surface area contributed by atoms with Crippen molar-refractivity contribution < 1.29 is 9.53 Å². The van der Waals surface area contributed by atoms with Gasteiger partial charge >= 0.3 is 5.69 Å². The normalized spacial score (nSPS) is 12.4. The van der Waals surface area contributed by atoms with Crippen LogP contribution < -0.4 is 16.0 Å². The molecule has 0 aliphatic heterocycles. The van der Waals surface area contributed by atoms with Crippen LogP contribution in [0.5, 0.6) is 5.75 Å². The zero-order valence-electron chi connectivity index (χ0n) is 19.2. The van der Waals surface area contributed by atoms with Crippen LogP contribution in [0.25, 0.3) is 33.9 Å². The summed E-state index contributed by atoms with van der Waals surface area (Å²) in [6.07, 6.45) is 1.83. The number of hydrogen-bond donors (Lipinski definition) is 0. The highest BCUT2D eigenvalue weighted by Crippen LogP contribution is 2.30. The van der Waals surface area contributed by atoms with Gasteiger partial charge in [-0.2, -0.15) is 4.98 Å². The van der Waals surface area contributed by atoms with Crippen molar-refractivity contribution in [3.8, 4) is 22.7 Å². The Bertz CT molecular complexity index is 1690. The van der Waals surface area contributed by atoms with Gasteiger partial charge in [-0.15, -0.1) is 0 Å². The molecule has 0 saturated carbocycles. The maximum absolute atomic E-state index is 13.5. The average molecular weight is 457 g/mol. The van der Waals surface area contributed by atoms with Crippen LogP contribution >= 0.6 is 0 Å². The predicted molar refractivity (Wildman–Crippen MR) is 129 cm³/mol. The molecule has 9 nitrogen and oxygen atoms in total. The van der Waals surface area contributed by atoms with Crippen molar-refractivity contribution in [3.63, 3.8) is 0 Å². The smallest absolute Gasteiger partial charge is 0.333 e. The summed E-state index contributed by atoms with van der Waals surface area (Å²) in [7, 11) is 3.15. The van der Waals surface area contributed by atoms with E-state index in [1.54, 1.807) is 25.5 Å². The summed E-state index contributed by atoms with van der Waals surface area (Å²) in [5.74, 6) is 0.852. The van der Waals surface area contributed by atoms with E-state index in [0.717, 1.165) is 21.5 Å². The van der Waals surface area contributed by atoms with Crippen LogP contribution in [-0.2, 0) is 11.8 Å². The summed E-state index contributed by atoms with van der Waals surface area (Å²) in [6, 6.07) is 16.4. The van der Waals surface area contributed by atoms with Gasteiger partial charge in [0.2, 0.25) is 5.78 Å². The Labute approximate surface area is 194 Å². The number of ether oxygens (including phenoxy) is 1. The molecular weight excluding hydrogens is 434 g/mol.